The Hall–Kier alpha value is -3.32. The number of anilines is 1. The number of sulfonamides is 1. The fourth-order valence-corrected chi connectivity index (χ4v) is 4.69. The van der Waals surface area contributed by atoms with E-state index < -0.39 is 10.0 Å². The van der Waals surface area contributed by atoms with Gasteiger partial charge < -0.3 is 10.1 Å². The van der Waals surface area contributed by atoms with Gasteiger partial charge in [-0.25, -0.2) is 8.42 Å². The number of ether oxygens (including phenoxy) is 1. The number of amides is 1. The maximum absolute atomic E-state index is 13.3. The number of hydrogen-bond acceptors (Lipinski definition) is 4. The van der Waals surface area contributed by atoms with Crippen molar-refractivity contribution in [2.75, 3.05) is 17.7 Å². The molecule has 0 aliphatic carbocycles. The third-order valence-electron chi connectivity index (χ3n) is 5.52. The molecule has 0 aliphatic rings. The second kappa shape index (κ2) is 10.5. The van der Waals surface area contributed by atoms with Crippen molar-refractivity contribution in [3.05, 3.63) is 95.1 Å². The van der Waals surface area contributed by atoms with Gasteiger partial charge in [0.25, 0.3) is 5.91 Å². The van der Waals surface area contributed by atoms with Crippen LogP contribution in [0.3, 0.4) is 0 Å². The largest absolute Gasteiger partial charge is 0.496 e. The van der Waals surface area contributed by atoms with Crippen LogP contribution in [0.5, 0.6) is 5.75 Å². The number of carbonyl (C=O) groups is 1. The molecule has 0 saturated carbocycles. The van der Waals surface area contributed by atoms with Crippen molar-refractivity contribution in [3.63, 3.8) is 0 Å². The van der Waals surface area contributed by atoms with E-state index in [4.69, 9.17) is 4.74 Å². The fraction of sp³-hybridized carbons (Fsp3) is 0.269. The minimum atomic E-state index is -3.63. The van der Waals surface area contributed by atoms with E-state index in [0.717, 1.165) is 28.7 Å². The van der Waals surface area contributed by atoms with Crippen molar-refractivity contribution in [3.8, 4) is 5.75 Å². The van der Waals surface area contributed by atoms with E-state index in [0.29, 0.717) is 17.7 Å². The molecule has 3 aromatic rings. The lowest BCUT2D eigenvalue weighted by molar-refractivity contribution is 0.0936. The molecule has 0 saturated heterocycles. The van der Waals surface area contributed by atoms with E-state index in [1.165, 1.54) is 4.31 Å². The lowest BCUT2D eigenvalue weighted by Gasteiger charge is -2.26. The van der Waals surface area contributed by atoms with Gasteiger partial charge in [-0.2, -0.15) is 0 Å². The molecule has 0 unspecified atom stereocenters. The van der Waals surface area contributed by atoms with E-state index in [1.54, 1.807) is 31.4 Å². The first-order valence-electron chi connectivity index (χ1n) is 10.8. The number of para-hydroxylation sites is 1. The number of hydrogen-bond donors (Lipinski definition) is 1. The lowest BCUT2D eigenvalue weighted by atomic mass is 10.0. The van der Waals surface area contributed by atoms with Gasteiger partial charge in [0.2, 0.25) is 10.0 Å². The Morgan fingerprint density at radius 3 is 2.30 bits per heavy atom. The van der Waals surface area contributed by atoms with Crippen molar-refractivity contribution in [2.45, 2.75) is 32.9 Å². The number of carbonyl (C=O) groups excluding carboxylic acids is 1. The molecule has 0 fully saturated rings. The molecule has 0 spiro atoms. The third-order valence-corrected chi connectivity index (χ3v) is 6.65. The fourth-order valence-electron chi connectivity index (χ4n) is 3.79. The normalized spacial score (nSPS) is 12.1. The highest BCUT2D eigenvalue weighted by atomic mass is 32.2. The summed E-state index contributed by atoms with van der Waals surface area (Å²) in [6.07, 6.45) is 1.83. The molecule has 1 N–H and O–H groups in total. The monoisotopic (exact) mass is 466 g/mol. The Morgan fingerprint density at radius 2 is 1.70 bits per heavy atom. The molecule has 0 radical (unpaired) electrons. The molecule has 3 rings (SSSR count). The van der Waals surface area contributed by atoms with Crippen molar-refractivity contribution in [2.24, 2.45) is 0 Å². The average Bonchev–Trinajstić information content (AvgIpc) is 2.80. The SMILES string of the molecule is CC[C@@H](NC(=O)c1ccccc1N(Cc1ccccc1)S(C)(=O)=O)c1ccc(OC)c(C)c1. The standard InChI is InChI=1S/C26H30N2O4S/c1-5-23(21-15-16-25(32-3)19(2)17-21)27-26(29)22-13-9-10-14-24(22)28(33(4,30)31)18-20-11-7-6-8-12-20/h6-17,23H,5,18H2,1-4H3,(H,27,29)/t23-/m1/s1. The van der Waals surface area contributed by atoms with Gasteiger partial charge in [0, 0.05) is 0 Å². The quantitative estimate of drug-likeness (QED) is 0.489. The van der Waals surface area contributed by atoms with Crippen LogP contribution in [0.4, 0.5) is 5.69 Å². The summed E-state index contributed by atoms with van der Waals surface area (Å²) in [5.74, 6) is 0.461. The zero-order valence-corrected chi connectivity index (χ0v) is 20.2. The number of aryl methyl sites for hydroxylation is 1. The average molecular weight is 467 g/mol. The molecule has 0 heterocycles. The second-order valence-corrected chi connectivity index (χ2v) is 9.84. The summed E-state index contributed by atoms with van der Waals surface area (Å²) in [4.78, 5) is 13.3. The van der Waals surface area contributed by atoms with Gasteiger partial charge in [0.05, 0.1) is 37.2 Å². The van der Waals surface area contributed by atoms with Gasteiger partial charge in [-0.15, -0.1) is 0 Å². The van der Waals surface area contributed by atoms with Crippen LogP contribution >= 0.6 is 0 Å². The molecular weight excluding hydrogens is 436 g/mol. The molecular formula is C26H30N2O4S. The van der Waals surface area contributed by atoms with Crippen molar-refractivity contribution in [1.29, 1.82) is 0 Å². The van der Waals surface area contributed by atoms with Gasteiger partial charge in [-0.1, -0.05) is 61.5 Å². The minimum absolute atomic E-state index is 0.138. The molecule has 1 atom stereocenters. The van der Waals surface area contributed by atoms with Crippen LogP contribution in [-0.2, 0) is 16.6 Å². The Balaban J connectivity index is 1.93. The zero-order chi connectivity index (χ0) is 24.0. The van der Waals surface area contributed by atoms with Crippen LogP contribution in [0.15, 0.2) is 72.8 Å². The van der Waals surface area contributed by atoms with Gasteiger partial charge in [-0.05, 0) is 48.2 Å². The first-order chi connectivity index (χ1) is 15.7. The summed E-state index contributed by atoms with van der Waals surface area (Å²) in [6.45, 7) is 4.09. The van der Waals surface area contributed by atoms with Crippen LogP contribution in [0.25, 0.3) is 0 Å². The van der Waals surface area contributed by atoms with Crippen LogP contribution < -0.4 is 14.4 Å². The van der Waals surface area contributed by atoms with Crippen molar-refractivity contribution < 1.29 is 17.9 Å². The zero-order valence-electron chi connectivity index (χ0n) is 19.4. The highest BCUT2D eigenvalue weighted by molar-refractivity contribution is 7.92. The molecule has 1 amide bonds. The van der Waals surface area contributed by atoms with Gasteiger partial charge in [-0.3, -0.25) is 9.10 Å². The molecule has 174 valence electrons. The van der Waals surface area contributed by atoms with Crippen LogP contribution in [0.1, 0.15) is 46.4 Å². The molecule has 6 nitrogen and oxygen atoms in total. The van der Waals surface area contributed by atoms with E-state index in [-0.39, 0.29) is 18.5 Å². The minimum Gasteiger partial charge on any atom is -0.496 e. The third kappa shape index (κ3) is 5.93. The Kier molecular flexibility index (Phi) is 7.76. The predicted molar refractivity (Wildman–Crippen MR) is 132 cm³/mol. The first kappa shape index (κ1) is 24.3. The maximum atomic E-state index is 13.3. The molecule has 7 heteroatoms. The van der Waals surface area contributed by atoms with Crippen molar-refractivity contribution in [1.82, 2.24) is 5.32 Å². The van der Waals surface area contributed by atoms with Crippen LogP contribution in [0, 0.1) is 6.92 Å². The van der Waals surface area contributed by atoms with E-state index >= 15 is 0 Å². The Morgan fingerprint density at radius 1 is 1.03 bits per heavy atom. The number of benzene rings is 3. The van der Waals surface area contributed by atoms with Gasteiger partial charge >= 0.3 is 0 Å². The number of rotatable bonds is 9. The topological polar surface area (TPSA) is 75.7 Å². The van der Waals surface area contributed by atoms with Crippen LogP contribution in [0.2, 0.25) is 0 Å². The first-order valence-corrected chi connectivity index (χ1v) is 12.7. The Bertz CT molecular complexity index is 1210. The molecule has 0 aliphatic heterocycles. The van der Waals surface area contributed by atoms with Gasteiger partial charge in [0.15, 0.2) is 0 Å². The summed E-state index contributed by atoms with van der Waals surface area (Å²) in [5, 5.41) is 3.07. The smallest absolute Gasteiger partial charge is 0.253 e. The van der Waals surface area contributed by atoms with Gasteiger partial charge in [0.1, 0.15) is 5.75 Å². The highest BCUT2D eigenvalue weighted by Gasteiger charge is 2.24. The molecule has 3 aromatic carbocycles. The summed E-state index contributed by atoms with van der Waals surface area (Å²) >= 11 is 0. The predicted octanol–water partition coefficient (Wildman–Crippen LogP) is 4.85. The number of nitrogens with one attached hydrogen (secondary N) is 1. The maximum Gasteiger partial charge on any atom is 0.253 e. The van der Waals surface area contributed by atoms with E-state index in [2.05, 4.69) is 5.32 Å². The van der Waals surface area contributed by atoms with E-state index in [9.17, 15) is 13.2 Å². The number of methoxy groups -OCH3 is 1. The molecule has 33 heavy (non-hydrogen) atoms. The summed E-state index contributed by atoms with van der Waals surface area (Å²) < 4.78 is 32.0. The Labute approximate surface area is 196 Å². The molecule has 0 bridgehead atoms. The lowest BCUT2D eigenvalue weighted by Crippen LogP contribution is -2.33. The second-order valence-electron chi connectivity index (χ2n) is 7.94. The molecule has 0 aromatic heterocycles. The number of nitrogens with zero attached hydrogens (tertiary/aromatic N) is 1. The van der Waals surface area contributed by atoms with Crippen molar-refractivity contribution >= 4 is 21.6 Å². The van der Waals surface area contributed by atoms with Crippen LogP contribution in [-0.4, -0.2) is 27.7 Å². The highest BCUT2D eigenvalue weighted by Crippen LogP contribution is 2.28. The summed E-state index contributed by atoms with van der Waals surface area (Å²) in [5.41, 5.74) is 3.43. The summed E-state index contributed by atoms with van der Waals surface area (Å²) in [6, 6.07) is 21.7. The van der Waals surface area contributed by atoms with E-state index in [1.807, 2.05) is 62.4 Å². The summed E-state index contributed by atoms with van der Waals surface area (Å²) in [7, 11) is -2.01.